The molecule has 1 aliphatic rings. The van der Waals surface area contributed by atoms with Crippen molar-refractivity contribution in [3.8, 4) is 0 Å². The molecule has 2 amide bonds. The van der Waals surface area contributed by atoms with Crippen molar-refractivity contribution in [2.24, 2.45) is 10.7 Å². The molecule has 0 aromatic carbocycles. The van der Waals surface area contributed by atoms with E-state index in [4.69, 9.17) is 10.5 Å². The summed E-state index contributed by atoms with van der Waals surface area (Å²) in [4.78, 5) is 35.9. The molecule has 0 radical (unpaired) electrons. The highest BCUT2D eigenvalue weighted by atomic mass is 32.1. The highest BCUT2D eigenvalue weighted by molar-refractivity contribution is 7.11. The van der Waals surface area contributed by atoms with Gasteiger partial charge in [0.2, 0.25) is 0 Å². The van der Waals surface area contributed by atoms with E-state index in [0.29, 0.717) is 24.2 Å². The second-order valence-electron chi connectivity index (χ2n) is 9.54. The first-order chi connectivity index (χ1) is 17.3. The van der Waals surface area contributed by atoms with Crippen LogP contribution in [0, 0.1) is 0 Å². The number of nitrogens with one attached hydrogen (secondary N) is 1. The molecule has 0 unspecified atom stereocenters. The predicted octanol–water partition coefficient (Wildman–Crippen LogP) is 5.40. The Labute approximate surface area is 217 Å². The average Bonchev–Trinajstić information content (AvgIpc) is 3.14. The first-order valence-corrected chi connectivity index (χ1v) is 12.6. The number of carbonyl (C=O) groups is 2. The third-order valence-electron chi connectivity index (χ3n) is 5.17. The lowest BCUT2D eigenvalue weighted by atomic mass is 10.1. The summed E-state index contributed by atoms with van der Waals surface area (Å²) in [5.74, 6) is -0.0402. The normalized spacial score (nSPS) is 13.7. The van der Waals surface area contributed by atoms with Crippen LogP contribution in [0.4, 0.5) is 23.7 Å². The summed E-state index contributed by atoms with van der Waals surface area (Å²) in [6.45, 7) is 6.61. The Bertz CT molecular complexity index is 1210. The molecular formula is C25H30F3N5O3S. The molecule has 37 heavy (non-hydrogen) atoms. The van der Waals surface area contributed by atoms with Crippen molar-refractivity contribution < 1.29 is 27.5 Å². The van der Waals surface area contributed by atoms with E-state index in [-0.39, 0.29) is 36.0 Å². The Morgan fingerprint density at radius 1 is 1.27 bits per heavy atom. The number of amides is 2. The van der Waals surface area contributed by atoms with E-state index in [0.717, 1.165) is 10.9 Å². The number of halogens is 3. The number of ether oxygens (including phenoxy) is 1. The van der Waals surface area contributed by atoms with Crippen molar-refractivity contribution >= 4 is 40.9 Å². The fraction of sp³-hybridized carbons (Fsp3) is 0.440. The minimum absolute atomic E-state index is 0.0752. The maximum absolute atomic E-state index is 13.9. The van der Waals surface area contributed by atoms with Gasteiger partial charge in [0.25, 0.3) is 5.91 Å². The quantitative estimate of drug-likeness (QED) is 0.491. The minimum atomic E-state index is -4.71. The van der Waals surface area contributed by atoms with Gasteiger partial charge in [-0.1, -0.05) is 6.92 Å². The molecule has 0 saturated heterocycles. The molecule has 0 atom stereocenters. The van der Waals surface area contributed by atoms with Crippen LogP contribution in [0.5, 0.6) is 0 Å². The third-order valence-corrected chi connectivity index (χ3v) is 6.03. The zero-order valence-corrected chi connectivity index (χ0v) is 21.9. The van der Waals surface area contributed by atoms with Crippen LogP contribution in [0.25, 0.3) is 6.08 Å². The molecule has 0 fully saturated rings. The maximum Gasteiger partial charge on any atom is 0.418 e. The molecule has 12 heteroatoms. The Morgan fingerprint density at radius 3 is 2.65 bits per heavy atom. The number of alkyl halides is 3. The lowest BCUT2D eigenvalue weighted by Gasteiger charge is -2.24. The van der Waals surface area contributed by atoms with Crippen LogP contribution in [0.2, 0.25) is 0 Å². The minimum Gasteiger partial charge on any atom is -0.444 e. The first kappa shape index (κ1) is 28.2. The standard InChI is InChI=1S/C25H30F3N5O3S/c1-5-7-33(22(34)16-10-20-18(6-8-37-20)32-21(29)11-16)14-15-9-17(25(26,27)28)19(30-12-15)13-31-23(35)36-24(2,3)4/h6,8-10,12H,5,7,11,13-14H2,1-4H3,(H2,29,32)(H,31,35). The largest absolute Gasteiger partial charge is 0.444 e. The van der Waals surface area contributed by atoms with Gasteiger partial charge in [0.1, 0.15) is 11.4 Å². The monoisotopic (exact) mass is 537 g/mol. The van der Waals surface area contributed by atoms with Gasteiger partial charge in [0.05, 0.1) is 28.4 Å². The van der Waals surface area contributed by atoms with E-state index in [2.05, 4.69) is 15.3 Å². The van der Waals surface area contributed by atoms with Crippen LogP contribution in [0.3, 0.4) is 0 Å². The van der Waals surface area contributed by atoms with E-state index in [1.165, 1.54) is 22.4 Å². The third kappa shape index (κ3) is 7.78. The summed E-state index contributed by atoms with van der Waals surface area (Å²) < 4.78 is 46.7. The summed E-state index contributed by atoms with van der Waals surface area (Å²) in [6.07, 6.45) is -1.80. The number of nitrogens with zero attached hydrogens (tertiary/aromatic N) is 3. The molecule has 3 heterocycles. The number of amidine groups is 1. The Morgan fingerprint density at radius 2 is 2.00 bits per heavy atom. The number of aromatic nitrogens is 1. The highest BCUT2D eigenvalue weighted by Crippen LogP contribution is 2.33. The van der Waals surface area contributed by atoms with E-state index >= 15 is 0 Å². The molecule has 2 aromatic rings. The van der Waals surface area contributed by atoms with Gasteiger partial charge in [0.15, 0.2) is 0 Å². The topological polar surface area (TPSA) is 110 Å². The number of nitrogens with two attached hydrogens (primary N) is 1. The first-order valence-electron chi connectivity index (χ1n) is 11.7. The van der Waals surface area contributed by atoms with Crippen molar-refractivity contribution in [1.29, 1.82) is 0 Å². The molecular weight excluding hydrogens is 507 g/mol. The number of pyridine rings is 1. The number of carbonyl (C=O) groups excluding carboxylic acids is 2. The summed E-state index contributed by atoms with van der Waals surface area (Å²) in [7, 11) is 0. The van der Waals surface area contributed by atoms with Crippen molar-refractivity contribution in [3.63, 3.8) is 0 Å². The molecule has 0 bridgehead atoms. The Balaban J connectivity index is 1.83. The molecule has 8 nitrogen and oxygen atoms in total. The lowest BCUT2D eigenvalue weighted by molar-refractivity contribution is -0.138. The summed E-state index contributed by atoms with van der Waals surface area (Å²) in [5.41, 5.74) is 5.18. The summed E-state index contributed by atoms with van der Waals surface area (Å²) >= 11 is 1.42. The Hall–Kier alpha value is -3.41. The van der Waals surface area contributed by atoms with Gasteiger partial charge in [-0.25, -0.2) is 9.79 Å². The summed E-state index contributed by atoms with van der Waals surface area (Å²) in [6, 6.07) is 2.77. The summed E-state index contributed by atoms with van der Waals surface area (Å²) in [5, 5.41) is 4.15. The van der Waals surface area contributed by atoms with Crippen LogP contribution in [0.1, 0.15) is 62.2 Å². The van der Waals surface area contributed by atoms with Gasteiger partial charge >= 0.3 is 12.3 Å². The Kier molecular flexibility index (Phi) is 8.62. The van der Waals surface area contributed by atoms with Crippen molar-refractivity contribution in [2.45, 2.75) is 65.4 Å². The van der Waals surface area contributed by atoms with Crippen molar-refractivity contribution in [3.05, 3.63) is 51.0 Å². The van der Waals surface area contributed by atoms with Gasteiger partial charge in [-0.2, -0.15) is 13.2 Å². The number of hydrogen-bond acceptors (Lipinski definition) is 7. The molecule has 0 aliphatic carbocycles. The second-order valence-corrected chi connectivity index (χ2v) is 10.5. The zero-order chi connectivity index (χ0) is 27.4. The smallest absolute Gasteiger partial charge is 0.418 e. The van der Waals surface area contributed by atoms with E-state index < -0.39 is 30.0 Å². The van der Waals surface area contributed by atoms with Crippen LogP contribution >= 0.6 is 11.3 Å². The van der Waals surface area contributed by atoms with Crippen molar-refractivity contribution in [2.75, 3.05) is 6.54 Å². The van der Waals surface area contributed by atoms with Gasteiger partial charge < -0.3 is 20.7 Å². The second kappa shape index (κ2) is 11.3. The molecule has 0 spiro atoms. The molecule has 1 aliphatic heterocycles. The van der Waals surface area contributed by atoms with E-state index in [1.807, 2.05) is 18.4 Å². The van der Waals surface area contributed by atoms with Crippen LogP contribution in [-0.4, -0.2) is 39.9 Å². The predicted molar refractivity (Wildman–Crippen MR) is 136 cm³/mol. The van der Waals surface area contributed by atoms with Crippen molar-refractivity contribution in [1.82, 2.24) is 15.2 Å². The zero-order valence-electron chi connectivity index (χ0n) is 21.1. The van der Waals surface area contributed by atoms with E-state index in [1.54, 1.807) is 26.8 Å². The molecule has 200 valence electrons. The fourth-order valence-electron chi connectivity index (χ4n) is 3.68. The maximum atomic E-state index is 13.9. The number of fused-ring (bicyclic) bond motifs is 1. The van der Waals surface area contributed by atoms with Gasteiger partial charge in [-0.15, -0.1) is 11.3 Å². The van der Waals surface area contributed by atoms with Gasteiger partial charge in [0, 0.05) is 31.3 Å². The number of thiophene rings is 1. The van der Waals surface area contributed by atoms with Crippen LogP contribution < -0.4 is 11.1 Å². The van der Waals surface area contributed by atoms with Gasteiger partial charge in [-0.3, -0.25) is 9.78 Å². The highest BCUT2D eigenvalue weighted by Gasteiger charge is 2.35. The fourth-order valence-corrected chi connectivity index (χ4v) is 4.46. The molecule has 0 saturated carbocycles. The molecule has 3 N–H and O–H groups in total. The molecule has 2 aromatic heterocycles. The number of rotatable bonds is 7. The van der Waals surface area contributed by atoms with E-state index in [9.17, 15) is 22.8 Å². The number of hydrogen-bond donors (Lipinski definition) is 2. The van der Waals surface area contributed by atoms with Crippen LogP contribution in [-0.2, 0) is 28.8 Å². The molecule has 3 rings (SSSR count). The SMILES string of the molecule is CCCN(Cc1cnc(CNC(=O)OC(C)(C)C)c(C(F)(F)F)c1)C(=O)C1=Cc2sccc2N=C(N)C1. The number of alkyl carbamates (subject to hydrolysis) is 1. The number of aliphatic imine (C=N–C) groups is 1. The average molecular weight is 538 g/mol. The van der Waals surface area contributed by atoms with Crippen LogP contribution in [0.15, 0.2) is 34.3 Å². The lowest BCUT2D eigenvalue weighted by Crippen LogP contribution is -2.34. The van der Waals surface area contributed by atoms with Gasteiger partial charge in [-0.05, 0) is 56.3 Å².